The van der Waals surface area contributed by atoms with Crippen LogP contribution in [0.15, 0.2) is 168 Å². The fraction of sp³-hybridized carbons (Fsp3) is 0. The van der Waals surface area contributed by atoms with Gasteiger partial charge in [0.05, 0.1) is 0 Å². The van der Waals surface area contributed by atoms with Crippen LogP contribution in [0.1, 0.15) is 33.6 Å². The zero-order chi connectivity index (χ0) is 34.1. The molecule has 0 radical (unpaired) electrons. The molecule has 0 aliphatic carbocycles. The van der Waals surface area contributed by atoms with E-state index in [0.717, 1.165) is 89.4 Å². The summed E-state index contributed by atoms with van der Waals surface area (Å²) in [4.78, 5) is 28.1. The summed E-state index contributed by atoms with van der Waals surface area (Å²) in [6.45, 7) is 0. The van der Waals surface area contributed by atoms with E-state index in [9.17, 15) is 0 Å². The summed E-state index contributed by atoms with van der Waals surface area (Å²) in [5.41, 5.74) is 12.4. The third kappa shape index (κ3) is 4.74. The van der Waals surface area contributed by atoms with Crippen molar-refractivity contribution >= 4 is 68.2 Å². The van der Waals surface area contributed by atoms with Crippen molar-refractivity contribution in [1.82, 2.24) is 25.5 Å². The maximum absolute atomic E-state index is 8.27. The number of nitrogens with zero attached hydrogens (tertiary/aromatic N) is 8. The number of halogens is 2. The molecule has 4 aliphatic heterocycles. The minimum absolute atomic E-state index is 0.805. The molecule has 10 heterocycles. The Morgan fingerprint density at radius 1 is 0.392 bits per heavy atom. The van der Waals surface area contributed by atoms with E-state index in [1.165, 1.54) is 0 Å². The molecule has 0 saturated heterocycles. The average Bonchev–Trinajstić information content (AvgIpc) is 4.00. The first-order valence-corrected chi connectivity index (χ1v) is 26.1. The summed E-state index contributed by atoms with van der Waals surface area (Å²) >= 11 is -5.00. The van der Waals surface area contributed by atoms with Crippen LogP contribution in [0.2, 0.25) is 0 Å². The van der Waals surface area contributed by atoms with Crippen LogP contribution in [0.3, 0.4) is 0 Å². The molecule has 6 aromatic rings. The Hall–Kier alpha value is -5.42. The van der Waals surface area contributed by atoms with Gasteiger partial charge in [-0.15, -0.1) is 0 Å². The van der Waals surface area contributed by atoms with Gasteiger partial charge in [0.2, 0.25) is 0 Å². The van der Waals surface area contributed by atoms with Crippen molar-refractivity contribution in [3.63, 3.8) is 0 Å². The van der Waals surface area contributed by atoms with Gasteiger partial charge in [0.15, 0.2) is 0 Å². The summed E-state index contributed by atoms with van der Waals surface area (Å²) in [5.74, 6) is 0. The number of pyridine rings is 4. The van der Waals surface area contributed by atoms with Crippen LogP contribution in [-0.4, -0.2) is 53.6 Å². The van der Waals surface area contributed by atoms with Crippen molar-refractivity contribution in [3.8, 4) is 0 Å². The first kappa shape index (κ1) is 30.4. The molecule has 4 aliphatic rings. The molecule has 242 valence electrons. The second-order valence-electron chi connectivity index (χ2n) is 12.3. The van der Waals surface area contributed by atoms with Gasteiger partial charge in [-0.05, 0) is 0 Å². The molecule has 0 spiro atoms. The van der Waals surface area contributed by atoms with Crippen molar-refractivity contribution in [2.75, 3.05) is 0 Å². The Kier molecular flexibility index (Phi) is 7.06. The molecule has 8 nitrogen and oxygen atoms in total. The molecule has 0 fully saturated rings. The Morgan fingerprint density at radius 3 is 1.12 bits per heavy atom. The van der Waals surface area contributed by atoms with Crippen LogP contribution in [-0.2, 0) is 0 Å². The number of rotatable bonds is 4. The number of aliphatic imine (C=N–C) groups is 2. The molecule has 11 heteroatoms. The van der Waals surface area contributed by atoms with Crippen LogP contribution in [0.25, 0.3) is 22.3 Å². The van der Waals surface area contributed by atoms with Crippen LogP contribution >= 0.6 is 17.8 Å². The molecular formula is C40H24Cl2N8Sn. The van der Waals surface area contributed by atoms with E-state index < -0.39 is 16.7 Å². The Balaban J connectivity index is 1.48. The zero-order valence-corrected chi connectivity index (χ0v) is 31.1. The molecule has 51 heavy (non-hydrogen) atoms. The molecule has 6 bridgehead atoms. The molecule has 6 aromatic heterocycles. The number of allylic oxidation sites excluding steroid dienone is 4. The average molecular weight is 806 g/mol. The summed E-state index contributed by atoms with van der Waals surface area (Å²) in [6.07, 6.45) is 22.7. The maximum atomic E-state index is 8.27. The molecule has 0 amide bonds. The van der Waals surface area contributed by atoms with E-state index in [-0.39, 0.29) is 0 Å². The standard InChI is InChI=1S/C40H24N8.2ClH.Sn/c1-2-30-38(26-11-19-42-20-12-26)32-5-6-34(47-32)40(28-15-23-44-24-16-28)36-8-7-35(48-36)39(27-13-21-43-22-14-27)33-4-3-31(46-33)37(29(1)45-30)25-9-17-41-18-10-25;;;/h1-24H;2*1H;/q-2;;;+4/p-2. The molecule has 0 atom stereocenters. The topological polar surface area (TPSA) is 86.1 Å². The van der Waals surface area contributed by atoms with Gasteiger partial charge in [0.1, 0.15) is 0 Å². The van der Waals surface area contributed by atoms with Gasteiger partial charge in [-0.1, -0.05) is 0 Å². The van der Waals surface area contributed by atoms with Crippen molar-refractivity contribution < 1.29 is 0 Å². The van der Waals surface area contributed by atoms with Gasteiger partial charge in [-0.2, -0.15) is 0 Å². The SMILES string of the molecule is [Cl][Sn]1([Cl])[n]2c3ccc2C(c2ccncc2)=C2C=CC(=N2)C(c2ccncc2)=c2ccc([n]21)=C(c1ccncc1)C1=NC(=C3c2ccncc2)C=C1. The molecule has 0 saturated carbocycles. The zero-order valence-electron chi connectivity index (χ0n) is 26.7. The second kappa shape index (κ2) is 11.8. The fourth-order valence-corrected chi connectivity index (χ4v) is 18.3. The van der Waals surface area contributed by atoms with Crippen LogP contribution in [0.5, 0.6) is 0 Å². The second-order valence-corrected chi connectivity index (χ2v) is 26.1. The predicted octanol–water partition coefficient (Wildman–Crippen LogP) is 6.14. The summed E-state index contributed by atoms with van der Waals surface area (Å²) in [6, 6.07) is 24.5. The fourth-order valence-electron chi connectivity index (χ4n) is 7.40. The minimum atomic E-state index is -5.00. The predicted molar refractivity (Wildman–Crippen MR) is 204 cm³/mol. The summed E-state index contributed by atoms with van der Waals surface area (Å²) in [7, 11) is 16.5. The summed E-state index contributed by atoms with van der Waals surface area (Å²) in [5, 5.41) is 1.73. The van der Waals surface area contributed by atoms with E-state index in [0.29, 0.717) is 0 Å². The quantitative estimate of drug-likeness (QED) is 0.201. The van der Waals surface area contributed by atoms with Gasteiger partial charge in [-0.25, -0.2) is 0 Å². The first-order valence-electron chi connectivity index (χ1n) is 16.3. The third-order valence-electron chi connectivity index (χ3n) is 9.50. The molecular weight excluding hydrogens is 782 g/mol. The number of aromatic nitrogens is 6. The van der Waals surface area contributed by atoms with Crippen LogP contribution in [0.4, 0.5) is 0 Å². The third-order valence-corrected chi connectivity index (χ3v) is 19.9. The normalized spacial score (nSPS) is 16.8. The van der Waals surface area contributed by atoms with Gasteiger partial charge in [0.25, 0.3) is 0 Å². The number of fused-ring (bicyclic) bond motifs is 2. The van der Waals surface area contributed by atoms with E-state index in [4.69, 9.17) is 27.8 Å². The van der Waals surface area contributed by atoms with E-state index in [2.05, 4.69) is 74.1 Å². The van der Waals surface area contributed by atoms with Gasteiger partial charge in [-0.3, -0.25) is 0 Å². The van der Waals surface area contributed by atoms with Crippen molar-refractivity contribution in [2.45, 2.75) is 0 Å². The van der Waals surface area contributed by atoms with Gasteiger partial charge >= 0.3 is 306 Å². The van der Waals surface area contributed by atoms with Crippen molar-refractivity contribution in [2.24, 2.45) is 9.98 Å². The van der Waals surface area contributed by atoms with E-state index in [1.807, 2.05) is 48.5 Å². The van der Waals surface area contributed by atoms with E-state index >= 15 is 0 Å². The molecule has 0 unspecified atom stereocenters. The van der Waals surface area contributed by atoms with Gasteiger partial charge in [0, 0.05) is 0 Å². The molecule has 10 rings (SSSR count). The Bertz CT molecular complexity index is 2560. The van der Waals surface area contributed by atoms with Crippen LogP contribution in [0, 0.1) is 0 Å². The molecule has 0 N–H and O–H groups in total. The van der Waals surface area contributed by atoms with Crippen LogP contribution < -0.4 is 10.7 Å². The number of hydrogen-bond donors (Lipinski definition) is 0. The van der Waals surface area contributed by atoms with E-state index in [1.54, 1.807) is 49.6 Å². The van der Waals surface area contributed by atoms with Gasteiger partial charge < -0.3 is 0 Å². The van der Waals surface area contributed by atoms with Crippen molar-refractivity contribution in [3.05, 3.63) is 202 Å². The summed E-state index contributed by atoms with van der Waals surface area (Å²) < 4.78 is 4.42. The van der Waals surface area contributed by atoms with Crippen molar-refractivity contribution in [1.29, 1.82) is 0 Å². The molecule has 0 aromatic carbocycles. The number of hydrogen-bond acceptors (Lipinski definition) is 6. The monoisotopic (exact) mass is 806 g/mol. The Labute approximate surface area is 304 Å². The Morgan fingerprint density at radius 2 is 0.745 bits per heavy atom. The first-order chi connectivity index (χ1) is 25.1.